The van der Waals surface area contributed by atoms with Gasteiger partial charge in [-0.05, 0) is 30.2 Å². The Morgan fingerprint density at radius 2 is 1.88 bits per heavy atom. The van der Waals surface area contributed by atoms with E-state index in [1.807, 2.05) is 18.2 Å². The number of nitro benzene ring substituents is 1. The number of pyridine rings is 1. The first kappa shape index (κ1) is 10.3. The zero-order chi connectivity index (χ0) is 11.5. The van der Waals surface area contributed by atoms with Crippen molar-refractivity contribution in [3.63, 3.8) is 0 Å². The molecule has 2 aromatic rings. The Morgan fingerprint density at radius 1 is 1.19 bits per heavy atom. The third kappa shape index (κ3) is 1.77. The van der Waals surface area contributed by atoms with E-state index in [4.69, 9.17) is 0 Å². The molecule has 4 heteroatoms. The van der Waals surface area contributed by atoms with Gasteiger partial charge in [-0.1, -0.05) is 12.1 Å². The summed E-state index contributed by atoms with van der Waals surface area (Å²) in [6, 6.07) is 8.76. The molecule has 1 heterocycles. The second-order valence-electron chi connectivity index (χ2n) is 3.44. The van der Waals surface area contributed by atoms with Crippen molar-refractivity contribution in [1.82, 2.24) is 4.98 Å². The van der Waals surface area contributed by atoms with Crippen LogP contribution >= 0.6 is 0 Å². The number of nitrogens with zero attached hydrogens (tertiary/aromatic N) is 2. The highest BCUT2D eigenvalue weighted by Crippen LogP contribution is 2.28. The van der Waals surface area contributed by atoms with Crippen molar-refractivity contribution < 1.29 is 4.92 Å². The van der Waals surface area contributed by atoms with Crippen LogP contribution in [0.3, 0.4) is 0 Å². The van der Waals surface area contributed by atoms with Crippen LogP contribution < -0.4 is 0 Å². The van der Waals surface area contributed by atoms with Crippen molar-refractivity contribution in [2.45, 2.75) is 6.92 Å². The molecule has 0 aliphatic heterocycles. The normalized spacial score (nSPS) is 10.1. The van der Waals surface area contributed by atoms with Gasteiger partial charge in [0, 0.05) is 24.0 Å². The topological polar surface area (TPSA) is 56.0 Å². The van der Waals surface area contributed by atoms with Crippen LogP contribution in [0.2, 0.25) is 0 Å². The number of nitro groups is 1. The van der Waals surface area contributed by atoms with Crippen LogP contribution in [-0.2, 0) is 0 Å². The molecule has 0 atom stereocenters. The predicted molar refractivity (Wildman–Crippen MR) is 61.1 cm³/mol. The summed E-state index contributed by atoms with van der Waals surface area (Å²) >= 11 is 0. The van der Waals surface area contributed by atoms with E-state index >= 15 is 0 Å². The van der Waals surface area contributed by atoms with E-state index in [2.05, 4.69) is 4.98 Å². The molecule has 0 saturated carbocycles. The Morgan fingerprint density at radius 3 is 2.50 bits per heavy atom. The molecule has 0 bridgehead atoms. The standard InChI is InChI=1S/C12H10N2O2/c1-9-11(10-5-7-13-8-6-10)3-2-4-12(9)14(15)16/h2-8H,1H3. The first-order valence-electron chi connectivity index (χ1n) is 4.84. The SMILES string of the molecule is Cc1c(-c2ccncc2)cccc1[N+](=O)[O-]. The molecule has 0 saturated heterocycles. The summed E-state index contributed by atoms with van der Waals surface area (Å²) in [5.41, 5.74) is 2.64. The smallest absolute Gasteiger partial charge is 0.265 e. The molecule has 4 nitrogen and oxygen atoms in total. The van der Waals surface area contributed by atoms with Gasteiger partial charge in [0.2, 0.25) is 0 Å². The van der Waals surface area contributed by atoms with Crippen molar-refractivity contribution in [3.05, 3.63) is 58.4 Å². The highest BCUT2D eigenvalue weighted by Gasteiger charge is 2.13. The molecule has 2 rings (SSSR count). The summed E-state index contributed by atoms with van der Waals surface area (Å²) in [7, 11) is 0. The fourth-order valence-corrected chi connectivity index (χ4v) is 1.67. The van der Waals surface area contributed by atoms with Gasteiger partial charge in [-0.25, -0.2) is 0 Å². The third-order valence-electron chi connectivity index (χ3n) is 2.49. The first-order valence-corrected chi connectivity index (χ1v) is 4.84. The fourth-order valence-electron chi connectivity index (χ4n) is 1.67. The van der Waals surface area contributed by atoms with Gasteiger partial charge in [0.1, 0.15) is 0 Å². The fraction of sp³-hybridized carbons (Fsp3) is 0.0833. The average molecular weight is 214 g/mol. The lowest BCUT2D eigenvalue weighted by atomic mass is 10.0. The van der Waals surface area contributed by atoms with Crippen LogP contribution in [0.5, 0.6) is 0 Å². The van der Waals surface area contributed by atoms with E-state index in [1.165, 1.54) is 6.07 Å². The van der Waals surface area contributed by atoms with Crippen LogP contribution in [0, 0.1) is 17.0 Å². The van der Waals surface area contributed by atoms with E-state index in [0.29, 0.717) is 5.56 Å². The Balaban J connectivity index is 2.59. The molecule has 0 aliphatic rings. The van der Waals surface area contributed by atoms with Gasteiger partial charge in [-0.3, -0.25) is 15.1 Å². The zero-order valence-corrected chi connectivity index (χ0v) is 8.75. The highest BCUT2D eigenvalue weighted by atomic mass is 16.6. The van der Waals surface area contributed by atoms with Gasteiger partial charge in [0.15, 0.2) is 0 Å². The molecule has 0 spiro atoms. The molecular formula is C12H10N2O2. The maximum absolute atomic E-state index is 10.8. The van der Waals surface area contributed by atoms with E-state index in [9.17, 15) is 10.1 Å². The van der Waals surface area contributed by atoms with Gasteiger partial charge < -0.3 is 0 Å². The first-order chi connectivity index (χ1) is 7.70. The van der Waals surface area contributed by atoms with Crippen LogP contribution in [0.25, 0.3) is 11.1 Å². The van der Waals surface area contributed by atoms with E-state index in [1.54, 1.807) is 25.4 Å². The number of benzene rings is 1. The monoisotopic (exact) mass is 214 g/mol. The summed E-state index contributed by atoms with van der Waals surface area (Å²) in [4.78, 5) is 14.4. The number of hydrogen-bond donors (Lipinski definition) is 0. The molecule has 0 unspecified atom stereocenters. The Bertz CT molecular complexity index is 524. The second-order valence-corrected chi connectivity index (χ2v) is 3.44. The van der Waals surface area contributed by atoms with Crippen LogP contribution in [0.15, 0.2) is 42.7 Å². The maximum Gasteiger partial charge on any atom is 0.272 e. The average Bonchev–Trinajstić information content (AvgIpc) is 2.30. The molecule has 80 valence electrons. The molecule has 16 heavy (non-hydrogen) atoms. The molecule has 0 N–H and O–H groups in total. The van der Waals surface area contributed by atoms with Gasteiger partial charge in [0.05, 0.1) is 4.92 Å². The molecule has 0 fully saturated rings. The minimum Gasteiger partial charge on any atom is -0.265 e. The summed E-state index contributed by atoms with van der Waals surface area (Å²) in [5, 5.41) is 10.8. The van der Waals surface area contributed by atoms with Crippen molar-refractivity contribution in [2.75, 3.05) is 0 Å². The predicted octanol–water partition coefficient (Wildman–Crippen LogP) is 2.97. The number of rotatable bonds is 2. The molecule has 0 amide bonds. The Labute approximate surface area is 92.7 Å². The van der Waals surface area contributed by atoms with Crippen LogP contribution in [-0.4, -0.2) is 9.91 Å². The summed E-state index contributed by atoms with van der Waals surface area (Å²) in [6.45, 7) is 1.76. The van der Waals surface area contributed by atoms with Crippen molar-refractivity contribution in [1.29, 1.82) is 0 Å². The minimum atomic E-state index is -0.361. The third-order valence-corrected chi connectivity index (χ3v) is 2.49. The summed E-state index contributed by atoms with van der Waals surface area (Å²) < 4.78 is 0. The molecule has 0 radical (unpaired) electrons. The van der Waals surface area contributed by atoms with E-state index in [-0.39, 0.29) is 10.6 Å². The van der Waals surface area contributed by atoms with Crippen LogP contribution in [0.1, 0.15) is 5.56 Å². The van der Waals surface area contributed by atoms with Gasteiger partial charge in [0.25, 0.3) is 5.69 Å². The van der Waals surface area contributed by atoms with Crippen molar-refractivity contribution in [3.8, 4) is 11.1 Å². The summed E-state index contributed by atoms with van der Waals surface area (Å²) in [5.74, 6) is 0. The Hall–Kier alpha value is -2.23. The van der Waals surface area contributed by atoms with Gasteiger partial charge in [-0.15, -0.1) is 0 Å². The maximum atomic E-state index is 10.8. The quantitative estimate of drug-likeness (QED) is 0.570. The van der Waals surface area contributed by atoms with E-state index in [0.717, 1.165) is 11.1 Å². The molecule has 1 aromatic heterocycles. The van der Waals surface area contributed by atoms with Crippen LogP contribution in [0.4, 0.5) is 5.69 Å². The highest BCUT2D eigenvalue weighted by molar-refractivity contribution is 5.70. The van der Waals surface area contributed by atoms with E-state index < -0.39 is 0 Å². The van der Waals surface area contributed by atoms with Gasteiger partial charge in [-0.2, -0.15) is 0 Å². The summed E-state index contributed by atoms with van der Waals surface area (Å²) in [6.07, 6.45) is 3.35. The number of hydrogen-bond acceptors (Lipinski definition) is 3. The second kappa shape index (κ2) is 4.10. The lowest BCUT2D eigenvalue weighted by molar-refractivity contribution is -0.385. The zero-order valence-electron chi connectivity index (χ0n) is 8.75. The molecule has 0 aliphatic carbocycles. The van der Waals surface area contributed by atoms with Crippen molar-refractivity contribution in [2.24, 2.45) is 0 Å². The Kier molecular flexibility index (Phi) is 2.64. The van der Waals surface area contributed by atoms with Gasteiger partial charge >= 0.3 is 0 Å². The largest absolute Gasteiger partial charge is 0.272 e. The minimum absolute atomic E-state index is 0.148. The molecule has 1 aromatic carbocycles. The number of aromatic nitrogens is 1. The lowest BCUT2D eigenvalue weighted by Gasteiger charge is -2.05. The molecular weight excluding hydrogens is 204 g/mol. The lowest BCUT2D eigenvalue weighted by Crippen LogP contribution is -1.93. The van der Waals surface area contributed by atoms with Crippen molar-refractivity contribution >= 4 is 5.69 Å².